The molecule has 2 rings (SSSR count). The number of hydrogen-bond acceptors (Lipinski definition) is 3. The second-order valence-corrected chi connectivity index (χ2v) is 6.14. The Hall–Kier alpha value is -1.33. The predicted octanol–water partition coefficient (Wildman–Crippen LogP) is 4.47. The lowest BCUT2D eigenvalue weighted by atomic mass is 10.2. The predicted molar refractivity (Wildman–Crippen MR) is 85.8 cm³/mol. The van der Waals surface area contributed by atoms with Gasteiger partial charge in [0.05, 0.1) is 28.3 Å². The van der Waals surface area contributed by atoms with Crippen molar-refractivity contribution >= 4 is 33.5 Å². The Kier molecular flexibility index (Phi) is 5.06. The SMILES string of the molecule is Cc1nn([C@@H](C)CC(=O)Oc2ccc(Cl)cc2)c(C)c1Br. The highest BCUT2D eigenvalue weighted by Gasteiger charge is 2.18. The highest BCUT2D eigenvalue weighted by molar-refractivity contribution is 9.10. The smallest absolute Gasteiger partial charge is 0.313 e. The molecule has 0 aliphatic carbocycles. The van der Waals surface area contributed by atoms with Crippen LogP contribution in [0.1, 0.15) is 30.8 Å². The molecule has 0 unspecified atom stereocenters. The number of halogens is 2. The lowest BCUT2D eigenvalue weighted by Gasteiger charge is -2.13. The molecule has 0 saturated carbocycles. The van der Waals surface area contributed by atoms with Crippen molar-refractivity contribution in [3.8, 4) is 5.75 Å². The van der Waals surface area contributed by atoms with Crippen molar-refractivity contribution in [1.29, 1.82) is 0 Å². The monoisotopic (exact) mass is 370 g/mol. The summed E-state index contributed by atoms with van der Waals surface area (Å²) < 4.78 is 8.10. The Morgan fingerprint density at radius 2 is 2.00 bits per heavy atom. The molecule has 0 aliphatic rings. The average Bonchev–Trinajstić information content (AvgIpc) is 2.69. The van der Waals surface area contributed by atoms with Crippen molar-refractivity contribution in [3.63, 3.8) is 0 Å². The summed E-state index contributed by atoms with van der Waals surface area (Å²) in [6, 6.07) is 6.64. The minimum absolute atomic E-state index is 0.0743. The standard InChI is InChI=1S/C15H16BrClN2O2/c1-9(19-11(3)15(16)10(2)18-19)8-14(20)21-13-6-4-12(17)5-7-13/h4-7,9H,8H2,1-3H3/t9-/m0/s1. The molecule has 0 amide bonds. The minimum Gasteiger partial charge on any atom is -0.426 e. The third kappa shape index (κ3) is 3.86. The van der Waals surface area contributed by atoms with Gasteiger partial charge in [-0.25, -0.2) is 0 Å². The van der Waals surface area contributed by atoms with Gasteiger partial charge in [0, 0.05) is 5.02 Å². The van der Waals surface area contributed by atoms with E-state index in [-0.39, 0.29) is 18.4 Å². The van der Waals surface area contributed by atoms with Crippen LogP contribution in [-0.4, -0.2) is 15.7 Å². The Morgan fingerprint density at radius 1 is 1.38 bits per heavy atom. The summed E-state index contributed by atoms with van der Waals surface area (Å²) in [6.07, 6.45) is 0.247. The van der Waals surface area contributed by atoms with Gasteiger partial charge in [-0.15, -0.1) is 0 Å². The van der Waals surface area contributed by atoms with Crippen molar-refractivity contribution in [2.75, 3.05) is 0 Å². The number of carbonyl (C=O) groups excluding carboxylic acids is 1. The van der Waals surface area contributed by atoms with Crippen LogP contribution in [0.3, 0.4) is 0 Å². The van der Waals surface area contributed by atoms with E-state index in [0.717, 1.165) is 15.9 Å². The third-order valence-corrected chi connectivity index (χ3v) is 4.56. The first-order valence-electron chi connectivity index (χ1n) is 6.56. The maximum atomic E-state index is 12.0. The molecule has 1 heterocycles. The number of aryl methyl sites for hydroxylation is 1. The third-order valence-electron chi connectivity index (χ3n) is 3.16. The Morgan fingerprint density at radius 3 is 2.52 bits per heavy atom. The van der Waals surface area contributed by atoms with Crippen LogP contribution in [0.2, 0.25) is 5.02 Å². The van der Waals surface area contributed by atoms with Gasteiger partial charge in [-0.05, 0) is 61.0 Å². The highest BCUT2D eigenvalue weighted by atomic mass is 79.9. The molecule has 1 aromatic heterocycles. The molecular weight excluding hydrogens is 356 g/mol. The van der Waals surface area contributed by atoms with E-state index in [1.165, 1.54) is 0 Å². The Labute approximate surface area is 137 Å². The Bertz CT molecular complexity index is 652. The van der Waals surface area contributed by atoms with E-state index in [9.17, 15) is 4.79 Å². The zero-order valence-corrected chi connectivity index (χ0v) is 14.4. The van der Waals surface area contributed by atoms with Crippen molar-refractivity contribution in [3.05, 3.63) is 45.1 Å². The van der Waals surface area contributed by atoms with E-state index < -0.39 is 0 Å². The van der Waals surface area contributed by atoms with Crippen LogP contribution in [0.4, 0.5) is 0 Å². The van der Waals surface area contributed by atoms with E-state index in [0.29, 0.717) is 10.8 Å². The van der Waals surface area contributed by atoms with Gasteiger partial charge in [0.1, 0.15) is 5.75 Å². The maximum Gasteiger partial charge on any atom is 0.313 e. The molecule has 0 spiro atoms. The zero-order valence-electron chi connectivity index (χ0n) is 12.1. The summed E-state index contributed by atoms with van der Waals surface area (Å²) in [5.74, 6) is 0.194. The average molecular weight is 372 g/mol. The van der Waals surface area contributed by atoms with Crippen LogP contribution >= 0.6 is 27.5 Å². The minimum atomic E-state index is -0.298. The van der Waals surface area contributed by atoms with Crippen LogP contribution in [-0.2, 0) is 4.79 Å². The van der Waals surface area contributed by atoms with Gasteiger partial charge in [-0.1, -0.05) is 11.6 Å². The molecule has 0 N–H and O–H groups in total. The number of carbonyl (C=O) groups is 1. The summed E-state index contributed by atoms with van der Waals surface area (Å²) in [5.41, 5.74) is 1.91. The fourth-order valence-electron chi connectivity index (χ4n) is 2.08. The van der Waals surface area contributed by atoms with Gasteiger partial charge in [-0.2, -0.15) is 5.10 Å². The Balaban J connectivity index is 2.01. The van der Waals surface area contributed by atoms with Gasteiger partial charge in [0.2, 0.25) is 0 Å². The fourth-order valence-corrected chi connectivity index (χ4v) is 2.46. The summed E-state index contributed by atoms with van der Waals surface area (Å²) in [6.45, 7) is 5.83. The number of esters is 1. The second-order valence-electron chi connectivity index (χ2n) is 4.91. The van der Waals surface area contributed by atoms with Gasteiger partial charge in [-0.3, -0.25) is 9.48 Å². The maximum absolute atomic E-state index is 12.0. The summed E-state index contributed by atoms with van der Waals surface area (Å²) in [5, 5.41) is 5.03. The number of hydrogen-bond donors (Lipinski definition) is 0. The molecule has 0 fully saturated rings. The molecule has 2 aromatic rings. The molecule has 1 aromatic carbocycles. The lowest BCUT2D eigenvalue weighted by Crippen LogP contribution is -2.17. The summed E-state index contributed by atoms with van der Waals surface area (Å²) in [7, 11) is 0. The molecule has 0 bridgehead atoms. The first-order valence-corrected chi connectivity index (χ1v) is 7.73. The van der Waals surface area contributed by atoms with Crippen molar-refractivity contribution < 1.29 is 9.53 Å². The molecule has 21 heavy (non-hydrogen) atoms. The van der Waals surface area contributed by atoms with Crippen molar-refractivity contribution in [2.45, 2.75) is 33.2 Å². The van der Waals surface area contributed by atoms with E-state index >= 15 is 0 Å². The number of benzene rings is 1. The zero-order chi connectivity index (χ0) is 15.6. The molecule has 1 atom stereocenters. The molecular formula is C15H16BrClN2O2. The van der Waals surface area contributed by atoms with E-state index in [1.807, 2.05) is 25.5 Å². The van der Waals surface area contributed by atoms with Gasteiger partial charge >= 0.3 is 5.97 Å². The normalized spacial score (nSPS) is 12.2. The fraction of sp³-hybridized carbons (Fsp3) is 0.333. The topological polar surface area (TPSA) is 44.1 Å². The van der Waals surface area contributed by atoms with Crippen LogP contribution in [0.15, 0.2) is 28.7 Å². The quantitative estimate of drug-likeness (QED) is 0.588. The molecule has 0 aliphatic heterocycles. The van der Waals surface area contributed by atoms with E-state index in [2.05, 4.69) is 21.0 Å². The van der Waals surface area contributed by atoms with Crippen LogP contribution in [0.25, 0.3) is 0 Å². The van der Waals surface area contributed by atoms with Crippen LogP contribution in [0.5, 0.6) is 5.75 Å². The summed E-state index contributed by atoms with van der Waals surface area (Å²) >= 11 is 9.27. The van der Waals surface area contributed by atoms with Gasteiger partial charge < -0.3 is 4.74 Å². The lowest BCUT2D eigenvalue weighted by molar-refractivity contribution is -0.135. The first-order chi connectivity index (χ1) is 9.88. The largest absolute Gasteiger partial charge is 0.426 e. The molecule has 0 radical (unpaired) electrons. The van der Waals surface area contributed by atoms with E-state index in [1.54, 1.807) is 24.3 Å². The number of ether oxygens (including phenoxy) is 1. The van der Waals surface area contributed by atoms with Crippen molar-refractivity contribution in [1.82, 2.24) is 9.78 Å². The van der Waals surface area contributed by atoms with Crippen LogP contribution < -0.4 is 4.74 Å². The number of aromatic nitrogens is 2. The molecule has 112 valence electrons. The summed E-state index contributed by atoms with van der Waals surface area (Å²) in [4.78, 5) is 12.0. The molecule has 0 saturated heterocycles. The van der Waals surface area contributed by atoms with E-state index in [4.69, 9.17) is 16.3 Å². The molecule has 6 heteroatoms. The number of rotatable bonds is 4. The highest BCUT2D eigenvalue weighted by Crippen LogP contribution is 2.24. The number of nitrogens with zero attached hydrogens (tertiary/aromatic N) is 2. The van der Waals surface area contributed by atoms with Crippen molar-refractivity contribution in [2.24, 2.45) is 0 Å². The van der Waals surface area contributed by atoms with Gasteiger partial charge in [0.25, 0.3) is 0 Å². The van der Waals surface area contributed by atoms with Crippen LogP contribution in [0, 0.1) is 13.8 Å². The first kappa shape index (κ1) is 16.0. The second kappa shape index (κ2) is 6.62. The van der Waals surface area contributed by atoms with Gasteiger partial charge in [0.15, 0.2) is 0 Å². The molecule has 4 nitrogen and oxygen atoms in total.